The molecule has 0 amide bonds. The first kappa shape index (κ1) is 16.3. The Morgan fingerprint density at radius 2 is 1.33 bits per heavy atom. The number of sulfone groups is 1. The third-order valence-corrected chi connectivity index (χ3v) is 6.22. The van der Waals surface area contributed by atoms with Crippen molar-refractivity contribution in [3.8, 4) is 0 Å². The average molecular weight is 355 g/mol. The van der Waals surface area contributed by atoms with E-state index in [9.17, 15) is 28.2 Å². The van der Waals surface area contributed by atoms with Crippen LogP contribution in [0.2, 0.25) is 0 Å². The van der Waals surface area contributed by atoms with Crippen LogP contribution in [-0.4, -0.2) is 41.1 Å². The summed E-state index contributed by atoms with van der Waals surface area (Å²) in [6, 6.07) is 3.29. The smallest absolute Gasteiger partial charge is 0.324 e. The lowest BCUT2D eigenvalue weighted by Gasteiger charge is -2.37. The zero-order chi connectivity index (χ0) is 17.5. The van der Waals surface area contributed by atoms with Crippen LogP contribution in [0.25, 0.3) is 0 Å². The summed E-state index contributed by atoms with van der Waals surface area (Å²) in [5, 5.41) is 17.5. The maximum Gasteiger partial charge on any atom is 0.324 e. The monoisotopic (exact) mass is 355 g/mol. The molecule has 4 atom stereocenters. The van der Waals surface area contributed by atoms with E-state index in [1.807, 2.05) is 0 Å². The van der Waals surface area contributed by atoms with Crippen molar-refractivity contribution in [2.24, 2.45) is 0 Å². The molecule has 2 aromatic heterocycles. The van der Waals surface area contributed by atoms with Crippen LogP contribution >= 0.6 is 0 Å². The summed E-state index contributed by atoms with van der Waals surface area (Å²) in [6.45, 7) is 0. The van der Waals surface area contributed by atoms with Gasteiger partial charge >= 0.3 is 11.9 Å². The normalized spacial score (nSPS) is 29.2. The Hall–Kier alpha value is -2.59. The lowest BCUT2D eigenvalue weighted by atomic mass is 10.0. The van der Waals surface area contributed by atoms with Gasteiger partial charge in [0.25, 0.3) is 0 Å². The van der Waals surface area contributed by atoms with Crippen molar-refractivity contribution in [2.45, 2.75) is 22.6 Å². The predicted octanol–water partition coefficient (Wildman–Crippen LogP) is 0.579. The van der Waals surface area contributed by atoms with Crippen molar-refractivity contribution in [3.05, 3.63) is 48.3 Å². The Morgan fingerprint density at radius 3 is 1.62 bits per heavy atom. The third-order valence-electron chi connectivity index (χ3n) is 3.86. The van der Waals surface area contributed by atoms with Gasteiger partial charge in [0.1, 0.15) is 11.5 Å². The van der Waals surface area contributed by atoms with E-state index in [4.69, 9.17) is 8.83 Å². The maximum atomic E-state index is 12.7. The third kappa shape index (κ3) is 2.49. The predicted molar refractivity (Wildman–Crippen MR) is 77.8 cm³/mol. The first-order valence-electron chi connectivity index (χ1n) is 6.85. The SMILES string of the molecule is O=C(O)[C@@H]1[C@H](c2ccco2)N[C@@H](c2ccco2)[C@@H](C(=O)O)S1(=O)=O. The molecule has 0 saturated carbocycles. The number of carbonyl (C=O) groups is 2. The number of furan rings is 2. The molecule has 3 rings (SSSR count). The molecule has 0 unspecified atom stereocenters. The van der Waals surface area contributed by atoms with Gasteiger partial charge in [0.15, 0.2) is 20.3 Å². The van der Waals surface area contributed by atoms with E-state index in [0.29, 0.717) is 0 Å². The molecule has 9 nitrogen and oxygen atoms in total. The standard InChI is InChI=1S/C14H13NO8S/c16-13(17)11-9(7-3-1-5-22-7)15-10(8-4-2-6-23-8)12(14(18)19)24(11,20)21/h1-6,9-12,15H,(H,16,17)(H,18,19)/t9-,10-,11-,12-/m0/s1. The van der Waals surface area contributed by atoms with Gasteiger partial charge in [-0.3, -0.25) is 14.9 Å². The van der Waals surface area contributed by atoms with E-state index >= 15 is 0 Å². The van der Waals surface area contributed by atoms with Crippen molar-refractivity contribution >= 4 is 21.8 Å². The van der Waals surface area contributed by atoms with Crippen LogP contribution in [-0.2, 0) is 19.4 Å². The minimum Gasteiger partial charge on any atom is -0.480 e. The highest BCUT2D eigenvalue weighted by molar-refractivity contribution is 7.94. The van der Waals surface area contributed by atoms with Gasteiger partial charge in [0, 0.05) is 0 Å². The highest BCUT2D eigenvalue weighted by Gasteiger charge is 2.57. The van der Waals surface area contributed by atoms with Crippen molar-refractivity contribution in [1.29, 1.82) is 0 Å². The van der Waals surface area contributed by atoms with Crippen molar-refractivity contribution in [3.63, 3.8) is 0 Å². The zero-order valence-electron chi connectivity index (χ0n) is 12.0. The quantitative estimate of drug-likeness (QED) is 0.716. The molecule has 0 bridgehead atoms. The van der Waals surface area contributed by atoms with E-state index in [-0.39, 0.29) is 11.5 Å². The number of carboxylic acid groups (broad SMARTS) is 2. The Labute approximate surface area is 135 Å². The van der Waals surface area contributed by atoms with Crippen LogP contribution in [0.3, 0.4) is 0 Å². The van der Waals surface area contributed by atoms with E-state index in [0.717, 1.165) is 0 Å². The molecule has 10 heteroatoms. The van der Waals surface area contributed by atoms with Gasteiger partial charge in [-0.15, -0.1) is 0 Å². The second-order valence-electron chi connectivity index (χ2n) is 5.26. The van der Waals surface area contributed by atoms with Crippen LogP contribution in [0.15, 0.2) is 45.6 Å². The molecule has 3 N–H and O–H groups in total. The molecule has 1 fully saturated rings. The first-order valence-corrected chi connectivity index (χ1v) is 8.46. The number of rotatable bonds is 4. The molecule has 3 heterocycles. The number of hydrogen-bond donors (Lipinski definition) is 3. The zero-order valence-corrected chi connectivity index (χ0v) is 12.8. The largest absolute Gasteiger partial charge is 0.480 e. The second-order valence-corrected chi connectivity index (χ2v) is 7.45. The Bertz CT molecular complexity index is 775. The highest BCUT2D eigenvalue weighted by Crippen LogP contribution is 2.38. The fourth-order valence-electron chi connectivity index (χ4n) is 2.87. The molecule has 1 saturated heterocycles. The van der Waals surface area contributed by atoms with E-state index in [1.165, 1.54) is 36.8 Å². The molecule has 0 radical (unpaired) electrons. The number of hydrogen-bond acceptors (Lipinski definition) is 7. The molecule has 1 aliphatic rings. The van der Waals surface area contributed by atoms with Crippen molar-refractivity contribution < 1.29 is 37.1 Å². The molecule has 24 heavy (non-hydrogen) atoms. The Morgan fingerprint density at radius 1 is 0.917 bits per heavy atom. The van der Waals surface area contributed by atoms with E-state index in [1.54, 1.807) is 0 Å². The van der Waals surface area contributed by atoms with Gasteiger partial charge in [-0.1, -0.05) is 0 Å². The molecule has 0 aromatic carbocycles. The summed E-state index contributed by atoms with van der Waals surface area (Å²) in [5.74, 6) is -3.17. The summed E-state index contributed by atoms with van der Waals surface area (Å²) in [7, 11) is -4.59. The topological polar surface area (TPSA) is 147 Å². The minimum atomic E-state index is -4.59. The molecule has 1 aliphatic heterocycles. The first-order chi connectivity index (χ1) is 11.3. The highest BCUT2D eigenvalue weighted by atomic mass is 32.2. The van der Waals surface area contributed by atoms with Gasteiger partial charge < -0.3 is 19.0 Å². The van der Waals surface area contributed by atoms with Gasteiger partial charge in [-0.25, -0.2) is 8.42 Å². The average Bonchev–Trinajstić information content (AvgIpc) is 3.17. The Balaban J connectivity index is 2.16. The number of aliphatic carboxylic acids is 2. The second kappa shape index (κ2) is 5.80. The summed E-state index contributed by atoms with van der Waals surface area (Å²) in [4.78, 5) is 23.1. The lowest BCUT2D eigenvalue weighted by molar-refractivity contribution is -0.138. The molecule has 2 aromatic rings. The molecular formula is C14H13NO8S. The fraction of sp³-hybridized carbons (Fsp3) is 0.286. The van der Waals surface area contributed by atoms with Crippen LogP contribution in [0, 0.1) is 0 Å². The van der Waals surface area contributed by atoms with Crippen molar-refractivity contribution in [1.82, 2.24) is 5.32 Å². The summed E-state index contributed by atoms with van der Waals surface area (Å²) < 4.78 is 35.7. The lowest BCUT2D eigenvalue weighted by Crippen LogP contribution is -2.58. The van der Waals surface area contributed by atoms with E-state index < -0.39 is 44.4 Å². The molecule has 128 valence electrons. The number of carboxylic acids is 2. The Kier molecular flexibility index (Phi) is 3.93. The van der Waals surface area contributed by atoms with Gasteiger partial charge in [-0.05, 0) is 24.3 Å². The van der Waals surface area contributed by atoms with Crippen LogP contribution in [0.5, 0.6) is 0 Å². The van der Waals surface area contributed by atoms with Crippen LogP contribution in [0.4, 0.5) is 0 Å². The van der Waals surface area contributed by atoms with Crippen molar-refractivity contribution in [2.75, 3.05) is 0 Å². The number of nitrogens with one attached hydrogen (secondary N) is 1. The maximum absolute atomic E-state index is 12.7. The van der Waals surface area contributed by atoms with Gasteiger partial charge in [-0.2, -0.15) is 0 Å². The molecular weight excluding hydrogens is 342 g/mol. The molecule has 0 aliphatic carbocycles. The summed E-state index contributed by atoms with van der Waals surface area (Å²) in [5.41, 5.74) is 0. The minimum absolute atomic E-state index is 0.0753. The van der Waals surface area contributed by atoms with Gasteiger partial charge in [0.05, 0.1) is 24.6 Å². The van der Waals surface area contributed by atoms with Crippen LogP contribution in [0.1, 0.15) is 23.6 Å². The fourth-order valence-corrected chi connectivity index (χ4v) is 4.93. The van der Waals surface area contributed by atoms with Gasteiger partial charge in [0.2, 0.25) is 0 Å². The summed E-state index contributed by atoms with van der Waals surface area (Å²) >= 11 is 0. The van der Waals surface area contributed by atoms with E-state index in [2.05, 4.69) is 5.32 Å². The molecule has 0 spiro atoms. The van der Waals surface area contributed by atoms with Crippen LogP contribution < -0.4 is 5.32 Å². The summed E-state index contributed by atoms with van der Waals surface area (Å²) in [6.07, 6.45) is 2.54.